The number of rotatable bonds is 3. The van der Waals surface area contributed by atoms with Gasteiger partial charge in [0.25, 0.3) is 0 Å². The second-order valence-corrected chi connectivity index (χ2v) is 6.47. The largest absolute Gasteiger partial charge is 0.481 e. The number of hydrogen-bond acceptors (Lipinski definition) is 7. The molecule has 2 aliphatic heterocycles. The lowest BCUT2D eigenvalue weighted by molar-refractivity contribution is -0.140. The predicted octanol–water partition coefficient (Wildman–Crippen LogP) is -0.767. The van der Waals surface area contributed by atoms with Gasteiger partial charge in [-0.15, -0.1) is 11.8 Å². The predicted molar refractivity (Wildman–Crippen MR) is 75.7 cm³/mol. The van der Waals surface area contributed by atoms with Crippen molar-refractivity contribution in [3.63, 3.8) is 0 Å². The molecule has 1 unspecified atom stereocenters. The van der Waals surface area contributed by atoms with Crippen LogP contribution in [0.3, 0.4) is 0 Å². The highest BCUT2D eigenvalue weighted by Gasteiger charge is 2.36. The number of aromatic nitrogens is 2. The fourth-order valence-electron chi connectivity index (χ4n) is 2.65. The van der Waals surface area contributed by atoms with Crippen LogP contribution in [0, 0.1) is 5.92 Å². The molecule has 22 heavy (non-hydrogen) atoms. The fraction of sp³-hybridized carbons (Fsp3) is 0.615. The van der Waals surface area contributed by atoms with Gasteiger partial charge in [0.1, 0.15) is 12.3 Å². The van der Waals surface area contributed by atoms with Gasteiger partial charge in [0, 0.05) is 29.7 Å². The third kappa shape index (κ3) is 2.76. The second-order valence-electron chi connectivity index (χ2n) is 5.41. The quantitative estimate of drug-likeness (QED) is 0.661. The number of carbonyl (C=O) groups is 1. The van der Waals surface area contributed by atoms with E-state index >= 15 is 0 Å². The summed E-state index contributed by atoms with van der Waals surface area (Å²) in [6, 6.07) is 0. The fourth-order valence-corrected chi connectivity index (χ4v) is 3.77. The molecule has 8 nitrogen and oxygen atoms in total. The topological polar surface area (TPSA) is 122 Å². The first-order valence-electron chi connectivity index (χ1n) is 6.91. The van der Waals surface area contributed by atoms with E-state index in [0.29, 0.717) is 11.4 Å². The number of hydrogen-bond donors (Lipinski definition) is 3. The van der Waals surface area contributed by atoms with E-state index in [1.165, 1.54) is 16.3 Å². The molecule has 4 atom stereocenters. The van der Waals surface area contributed by atoms with E-state index in [-0.39, 0.29) is 19.4 Å². The van der Waals surface area contributed by atoms with Crippen LogP contribution >= 0.6 is 11.8 Å². The Morgan fingerprint density at radius 1 is 1.55 bits per heavy atom. The van der Waals surface area contributed by atoms with Crippen molar-refractivity contribution in [3.05, 3.63) is 22.4 Å². The van der Waals surface area contributed by atoms with E-state index in [2.05, 4.69) is 4.98 Å². The Bertz CT molecular complexity index is 648. The van der Waals surface area contributed by atoms with Crippen LogP contribution in [0.1, 0.15) is 18.3 Å². The minimum atomic E-state index is -0.892. The van der Waals surface area contributed by atoms with Gasteiger partial charge in [-0.2, -0.15) is 4.98 Å². The van der Waals surface area contributed by atoms with Crippen LogP contribution in [0.15, 0.2) is 15.9 Å². The Labute approximate surface area is 129 Å². The SMILES string of the molecule is O=C(O)C1CSc2cn([C@H]3C[C@@H](O)[C@@H](CO)O3)c(=O)nc2C1. The van der Waals surface area contributed by atoms with Crippen LogP contribution in [0.25, 0.3) is 0 Å². The maximum absolute atomic E-state index is 12.1. The maximum Gasteiger partial charge on any atom is 0.349 e. The molecule has 3 heterocycles. The van der Waals surface area contributed by atoms with E-state index in [0.717, 1.165) is 4.90 Å². The van der Waals surface area contributed by atoms with E-state index in [9.17, 15) is 14.7 Å². The minimum absolute atomic E-state index is 0.202. The van der Waals surface area contributed by atoms with Gasteiger partial charge in [-0.25, -0.2) is 4.79 Å². The van der Waals surface area contributed by atoms with E-state index in [1.807, 2.05) is 0 Å². The molecule has 3 rings (SSSR count). The number of nitrogens with zero attached hydrogens (tertiary/aromatic N) is 2. The standard InChI is InChI=1S/C13H16N2O6S/c16-4-9-8(17)2-11(21-9)15-3-10-7(14-13(15)20)1-6(5-22-10)12(18)19/h3,6,8-9,11,16-17H,1-2,4-5H2,(H,18,19)/t6?,8-,9-,11-/m1/s1. The number of ether oxygens (including phenoxy) is 1. The highest BCUT2D eigenvalue weighted by atomic mass is 32.2. The molecule has 1 aromatic rings. The monoisotopic (exact) mass is 328 g/mol. The lowest BCUT2D eigenvalue weighted by atomic mass is 10.1. The molecular formula is C13H16N2O6S. The molecular weight excluding hydrogens is 312 g/mol. The average Bonchev–Trinajstić information content (AvgIpc) is 2.86. The summed E-state index contributed by atoms with van der Waals surface area (Å²) in [4.78, 5) is 27.9. The Balaban J connectivity index is 1.87. The lowest BCUT2D eigenvalue weighted by Crippen LogP contribution is -2.32. The summed E-state index contributed by atoms with van der Waals surface area (Å²) in [5, 5.41) is 27.9. The zero-order valence-electron chi connectivity index (χ0n) is 11.6. The first-order valence-corrected chi connectivity index (χ1v) is 7.90. The molecule has 1 aromatic heterocycles. The minimum Gasteiger partial charge on any atom is -0.481 e. The first-order chi connectivity index (χ1) is 10.5. The summed E-state index contributed by atoms with van der Waals surface area (Å²) in [6.45, 7) is -0.320. The van der Waals surface area contributed by atoms with Gasteiger partial charge in [0.2, 0.25) is 0 Å². The third-order valence-corrected chi connectivity index (χ3v) is 5.14. The third-order valence-electron chi connectivity index (χ3n) is 3.92. The summed E-state index contributed by atoms with van der Waals surface area (Å²) in [5.41, 5.74) is -0.0525. The highest BCUT2D eigenvalue weighted by molar-refractivity contribution is 7.99. The van der Waals surface area contributed by atoms with Gasteiger partial charge < -0.3 is 20.1 Å². The molecule has 120 valence electrons. The van der Waals surface area contributed by atoms with Crippen LogP contribution in [0.2, 0.25) is 0 Å². The van der Waals surface area contributed by atoms with Gasteiger partial charge in [0.15, 0.2) is 0 Å². The van der Waals surface area contributed by atoms with Crippen molar-refractivity contribution in [2.75, 3.05) is 12.4 Å². The summed E-state index contributed by atoms with van der Waals surface area (Å²) in [7, 11) is 0. The Hall–Kier alpha value is -1.42. The summed E-state index contributed by atoms with van der Waals surface area (Å²) < 4.78 is 6.76. The molecule has 1 fully saturated rings. The van der Waals surface area contributed by atoms with Crippen molar-refractivity contribution in [3.8, 4) is 0 Å². The molecule has 0 amide bonds. The van der Waals surface area contributed by atoms with E-state index in [1.54, 1.807) is 6.20 Å². The van der Waals surface area contributed by atoms with Crippen molar-refractivity contribution < 1.29 is 24.9 Å². The Morgan fingerprint density at radius 3 is 2.95 bits per heavy atom. The number of aliphatic hydroxyl groups excluding tert-OH is 2. The van der Waals surface area contributed by atoms with Crippen LogP contribution in [0.4, 0.5) is 0 Å². The Morgan fingerprint density at radius 2 is 2.32 bits per heavy atom. The van der Waals surface area contributed by atoms with E-state index < -0.39 is 36.0 Å². The summed E-state index contributed by atoms with van der Waals surface area (Å²) >= 11 is 1.34. The average molecular weight is 328 g/mol. The van der Waals surface area contributed by atoms with E-state index in [4.69, 9.17) is 14.9 Å². The number of carboxylic acid groups (broad SMARTS) is 1. The molecule has 0 spiro atoms. The molecule has 2 aliphatic rings. The molecule has 0 aromatic carbocycles. The van der Waals surface area contributed by atoms with Gasteiger partial charge in [-0.1, -0.05) is 0 Å². The zero-order valence-corrected chi connectivity index (χ0v) is 12.4. The first kappa shape index (κ1) is 15.5. The zero-order chi connectivity index (χ0) is 15.9. The number of fused-ring (bicyclic) bond motifs is 1. The van der Waals surface area contributed by atoms with Crippen LogP contribution in [0.5, 0.6) is 0 Å². The van der Waals surface area contributed by atoms with Gasteiger partial charge in [0.05, 0.1) is 24.3 Å². The van der Waals surface area contributed by atoms with Crippen molar-refractivity contribution in [2.24, 2.45) is 5.92 Å². The Kier molecular flexibility index (Phi) is 4.22. The number of thioether (sulfide) groups is 1. The maximum atomic E-state index is 12.1. The van der Waals surface area contributed by atoms with Crippen molar-refractivity contribution >= 4 is 17.7 Å². The van der Waals surface area contributed by atoms with Crippen molar-refractivity contribution in [2.45, 2.75) is 36.2 Å². The summed E-state index contributed by atoms with van der Waals surface area (Å²) in [6.07, 6.45) is -0.172. The number of aliphatic carboxylic acids is 1. The second kappa shape index (κ2) is 5.99. The number of carboxylic acids is 1. The summed E-state index contributed by atoms with van der Waals surface area (Å²) in [5.74, 6) is -1.00. The molecule has 0 radical (unpaired) electrons. The number of aliphatic hydroxyl groups is 2. The van der Waals surface area contributed by atoms with Crippen molar-refractivity contribution in [1.82, 2.24) is 9.55 Å². The smallest absolute Gasteiger partial charge is 0.349 e. The normalized spacial score (nSPS) is 31.0. The molecule has 0 aliphatic carbocycles. The van der Waals surface area contributed by atoms with Crippen LogP contribution in [-0.2, 0) is 16.0 Å². The van der Waals surface area contributed by atoms with Crippen LogP contribution < -0.4 is 5.69 Å². The molecule has 3 N–H and O–H groups in total. The lowest BCUT2D eigenvalue weighted by Gasteiger charge is -2.22. The molecule has 0 bridgehead atoms. The van der Waals surface area contributed by atoms with Crippen LogP contribution in [-0.4, -0.2) is 55.4 Å². The van der Waals surface area contributed by atoms with Crippen molar-refractivity contribution in [1.29, 1.82) is 0 Å². The molecule has 9 heteroatoms. The molecule has 1 saturated heterocycles. The molecule has 0 saturated carbocycles. The van der Waals surface area contributed by atoms with Gasteiger partial charge >= 0.3 is 11.7 Å². The van der Waals surface area contributed by atoms with Gasteiger partial charge in [-0.3, -0.25) is 9.36 Å². The van der Waals surface area contributed by atoms with Gasteiger partial charge in [-0.05, 0) is 0 Å². The highest BCUT2D eigenvalue weighted by Crippen LogP contribution is 2.33.